The van der Waals surface area contributed by atoms with Gasteiger partial charge in [0.15, 0.2) is 5.78 Å². The van der Waals surface area contributed by atoms with E-state index in [4.69, 9.17) is 14.2 Å². The summed E-state index contributed by atoms with van der Waals surface area (Å²) in [6.45, 7) is 2.37. The van der Waals surface area contributed by atoms with E-state index in [-0.39, 0.29) is 51.7 Å². The van der Waals surface area contributed by atoms with E-state index in [0.717, 1.165) is 0 Å². The van der Waals surface area contributed by atoms with Gasteiger partial charge in [-0.05, 0) is 32.0 Å². The van der Waals surface area contributed by atoms with Gasteiger partial charge in [0.05, 0.1) is 13.0 Å². The molecule has 11 nitrogen and oxygen atoms in total. The van der Waals surface area contributed by atoms with Gasteiger partial charge in [0.2, 0.25) is 6.29 Å². The van der Waals surface area contributed by atoms with Gasteiger partial charge in [-0.15, -0.1) is 0 Å². The highest BCUT2D eigenvalue weighted by Crippen LogP contribution is 2.49. The quantitative estimate of drug-likeness (QED) is 0.300. The van der Waals surface area contributed by atoms with Crippen LogP contribution in [0.25, 0.3) is 0 Å². The number of ether oxygens (including phenoxy) is 3. The summed E-state index contributed by atoms with van der Waals surface area (Å²) in [7, 11) is 0. The van der Waals surface area contributed by atoms with Crippen LogP contribution >= 0.6 is 0 Å². The first-order chi connectivity index (χ1) is 16.0. The molecule has 1 saturated heterocycles. The Labute approximate surface area is 194 Å². The monoisotopic (exact) mass is 478 g/mol. The zero-order chi connectivity index (χ0) is 24.9. The van der Waals surface area contributed by atoms with Gasteiger partial charge in [0, 0.05) is 16.7 Å². The minimum Gasteiger partial charge on any atom is -0.508 e. The lowest BCUT2D eigenvalue weighted by molar-refractivity contribution is -0.277. The van der Waals surface area contributed by atoms with Crippen LogP contribution in [0.2, 0.25) is 0 Å². The molecule has 0 radical (unpaired) electrons. The maximum Gasteiger partial charge on any atom is 0.229 e. The number of benzene rings is 2. The van der Waals surface area contributed by atoms with Crippen molar-refractivity contribution in [1.29, 1.82) is 0 Å². The van der Waals surface area contributed by atoms with Gasteiger partial charge in [0.1, 0.15) is 64.8 Å². The van der Waals surface area contributed by atoms with E-state index >= 15 is 0 Å². The van der Waals surface area contributed by atoms with Crippen molar-refractivity contribution in [3.8, 4) is 28.7 Å². The Morgan fingerprint density at radius 1 is 1.03 bits per heavy atom. The Kier molecular flexibility index (Phi) is 6.32. The second kappa shape index (κ2) is 8.93. The van der Waals surface area contributed by atoms with Crippen LogP contribution in [0.15, 0.2) is 18.2 Å². The molecule has 2 aliphatic heterocycles. The van der Waals surface area contributed by atoms with Gasteiger partial charge in [-0.25, -0.2) is 0 Å². The number of aromatic hydroxyl groups is 3. The summed E-state index contributed by atoms with van der Waals surface area (Å²) < 4.78 is 17.1. The molecule has 0 spiro atoms. The lowest BCUT2D eigenvalue weighted by atomic mass is 9.91. The molecule has 34 heavy (non-hydrogen) atoms. The molecular formula is C23H26O11. The van der Waals surface area contributed by atoms with Gasteiger partial charge in [-0.2, -0.15) is 0 Å². The minimum atomic E-state index is -1.69. The van der Waals surface area contributed by atoms with Crippen LogP contribution < -0.4 is 9.47 Å². The number of phenolic OH excluding ortho intramolecular Hbond substituents is 3. The largest absolute Gasteiger partial charge is 0.508 e. The molecule has 184 valence electrons. The molecule has 1 fully saturated rings. The topological polar surface area (TPSA) is 186 Å². The number of phenols is 3. The van der Waals surface area contributed by atoms with E-state index in [1.54, 1.807) is 6.92 Å². The predicted octanol–water partition coefficient (Wildman–Crippen LogP) is 0.305. The molecule has 0 aliphatic carbocycles. The fourth-order valence-corrected chi connectivity index (χ4v) is 4.27. The summed E-state index contributed by atoms with van der Waals surface area (Å²) in [6, 6.07) is 3.82. The Bertz CT molecular complexity index is 1110. The molecule has 0 amide bonds. The highest BCUT2D eigenvalue weighted by atomic mass is 16.7. The van der Waals surface area contributed by atoms with Crippen LogP contribution in [0.5, 0.6) is 28.7 Å². The number of ketones is 1. The molecule has 0 aromatic heterocycles. The van der Waals surface area contributed by atoms with Gasteiger partial charge >= 0.3 is 0 Å². The first-order valence-electron chi connectivity index (χ1n) is 10.6. The number of fused-ring (bicyclic) bond motifs is 1. The van der Waals surface area contributed by atoms with Gasteiger partial charge < -0.3 is 50.0 Å². The van der Waals surface area contributed by atoms with Gasteiger partial charge in [-0.1, -0.05) is 0 Å². The van der Waals surface area contributed by atoms with E-state index < -0.39 is 54.9 Å². The molecule has 2 aromatic carbocycles. The molecule has 4 rings (SSSR count). The number of hydrogen-bond acceptors (Lipinski definition) is 11. The highest BCUT2D eigenvalue weighted by Gasteiger charge is 2.45. The zero-order valence-corrected chi connectivity index (χ0v) is 18.4. The fourth-order valence-electron chi connectivity index (χ4n) is 4.27. The third-order valence-electron chi connectivity index (χ3n) is 6.19. The first kappa shape index (κ1) is 24.0. The molecule has 2 aliphatic rings. The summed E-state index contributed by atoms with van der Waals surface area (Å²) in [5.41, 5.74) is 0.505. The fraction of sp³-hybridized carbons (Fsp3) is 0.435. The molecule has 0 saturated carbocycles. The van der Waals surface area contributed by atoms with Crippen LogP contribution in [0.1, 0.15) is 39.6 Å². The lowest BCUT2D eigenvalue weighted by Crippen LogP contribution is -2.60. The molecule has 2 aromatic rings. The Balaban J connectivity index is 1.73. The third-order valence-corrected chi connectivity index (χ3v) is 6.19. The second-order valence-electron chi connectivity index (χ2n) is 8.42. The van der Waals surface area contributed by atoms with Crippen LogP contribution in [0.3, 0.4) is 0 Å². The molecule has 0 unspecified atom stereocenters. The summed E-state index contributed by atoms with van der Waals surface area (Å²) in [6.07, 6.45) is -8.82. The summed E-state index contributed by atoms with van der Waals surface area (Å²) in [5, 5.41) is 70.5. The van der Waals surface area contributed by atoms with Crippen molar-refractivity contribution in [2.24, 2.45) is 0 Å². The van der Waals surface area contributed by atoms with E-state index in [0.29, 0.717) is 0 Å². The Morgan fingerprint density at radius 3 is 2.41 bits per heavy atom. The summed E-state index contributed by atoms with van der Waals surface area (Å²) in [4.78, 5) is 12.9. The van der Waals surface area contributed by atoms with E-state index in [9.17, 15) is 40.5 Å². The minimum absolute atomic E-state index is 0.00541. The van der Waals surface area contributed by atoms with Crippen molar-refractivity contribution >= 4 is 5.78 Å². The number of Topliss-reactive ketones (excluding diaryl/α,β-unsaturated/α-hetero) is 1. The number of aliphatic hydroxyl groups is 4. The zero-order valence-electron chi connectivity index (χ0n) is 18.4. The van der Waals surface area contributed by atoms with E-state index in [1.807, 2.05) is 0 Å². The molecule has 11 heteroatoms. The van der Waals surface area contributed by atoms with Crippen molar-refractivity contribution in [3.05, 3.63) is 40.5 Å². The Hall–Kier alpha value is -3.09. The first-order valence-corrected chi connectivity index (χ1v) is 10.6. The third kappa shape index (κ3) is 3.91. The molecule has 2 heterocycles. The highest BCUT2D eigenvalue weighted by molar-refractivity contribution is 6.04. The smallest absolute Gasteiger partial charge is 0.229 e. The van der Waals surface area contributed by atoms with Crippen molar-refractivity contribution in [1.82, 2.24) is 0 Å². The summed E-state index contributed by atoms with van der Waals surface area (Å²) >= 11 is 0. The van der Waals surface area contributed by atoms with E-state index in [2.05, 4.69) is 0 Å². The number of carbonyl (C=O) groups excluding carboxylic acids is 1. The maximum absolute atomic E-state index is 12.9. The number of hydrogen-bond donors (Lipinski definition) is 7. The molecule has 0 bridgehead atoms. The standard InChI is InChI=1S/C23H26O11/c1-8-17(28)16-13(27)6-14(11-5-10(25)3-4-12(11)26)32-22(16)9(2)21(8)34-23-20(31)19(30)18(29)15(7-24)33-23/h3-5,14-15,18-20,23-26,28-31H,6-7H2,1-2H3/t14-,15+,18-,19-,20+,23-/m0/s1. The van der Waals surface area contributed by atoms with Crippen LogP contribution in [-0.2, 0) is 4.74 Å². The number of aliphatic hydroxyl groups excluding tert-OH is 4. The molecule has 7 N–H and O–H groups in total. The average Bonchev–Trinajstić information content (AvgIpc) is 2.81. The van der Waals surface area contributed by atoms with Gasteiger partial charge in [-0.3, -0.25) is 4.79 Å². The number of carbonyl (C=O) groups is 1. The predicted molar refractivity (Wildman–Crippen MR) is 114 cm³/mol. The summed E-state index contributed by atoms with van der Waals surface area (Å²) in [5.74, 6) is -1.22. The Morgan fingerprint density at radius 2 is 1.74 bits per heavy atom. The van der Waals surface area contributed by atoms with Crippen molar-refractivity contribution < 1.29 is 54.8 Å². The maximum atomic E-state index is 12.9. The normalized spacial score (nSPS) is 28.8. The van der Waals surface area contributed by atoms with Crippen LogP contribution in [0.4, 0.5) is 0 Å². The van der Waals surface area contributed by atoms with Gasteiger partial charge in [0.25, 0.3) is 0 Å². The van der Waals surface area contributed by atoms with Crippen molar-refractivity contribution in [3.63, 3.8) is 0 Å². The lowest BCUT2D eigenvalue weighted by Gasteiger charge is -2.40. The van der Waals surface area contributed by atoms with Crippen LogP contribution in [-0.4, -0.2) is 78.8 Å². The SMILES string of the molecule is Cc1c(O)c2c(c(C)c1O[C@@H]1O[C@H](CO)[C@H](O)[C@H](O)[C@H]1O)O[C@H](c1cc(O)ccc1O)CC2=O. The van der Waals surface area contributed by atoms with Crippen LogP contribution in [0, 0.1) is 13.8 Å². The average molecular weight is 478 g/mol. The van der Waals surface area contributed by atoms with E-state index in [1.165, 1.54) is 25.1 Å². The van der Waals surface area contributed by atoms with Crippen molar-refractivity contribution in [2.45, 2.75) is 57.1 Å². The van der Waals surface area contributed by atoms with Crippen molar-refractivity contribution in [2.75, 3.05) is 6.61 Å². The number of rotatable bonds is 4. The molecular weight excluding hydrogens is 452 g/mol. The second-order valence-corrected chi connectivity index (χ2v) is 8.42. The molecule has 6 atom stereocenters.